The van der Waals surface area contributed by atoms with Gasteiger partial charge in [0.05, 0.1) is 48.1 Å². The lowest BCUT2D eigenvalue weighted by Gasteiger charge is -2.52. The molecule has 6 fully saturated rings. The van der Waals surface area contributed by atoms with Crippen LogP contribution in [0.1, 0.15) is 75.7 Å². The standard InChI is InChI=1S/C48H54N6O4/c1-5-29-27-53-21-17-31(29)23-43(53)45(35-15-19-49-41-13-11-33(55-3)25-39(35)41)57-47-37-9-7-8-10-38(37)48(52-51-47)58-46(44-24-32-18-22-54(44)28-30(32)6-2)36-16-20-50-42-14-12-34(56-4)26-40(36)42/h7-16,19-20,25-26,29-32,43-46H,5-6,17-18,21-24,27-28H2,1-4H3/t29-,30-,31-,32+,43+,44+,45+,46+/m0/s1. The van der Waals surface area contributed by atoms with Crippen molar-refractivity contribution in [1.29, 1.82) is 0 Å². The number of piperidine rings is 6. The van der Waals surface area contributed by atoms with E-state index in [1.54, 1.807) is 14.2 Å². The molecular weight excluding hydrogens is 725 g/mol. The lowest BCUT2D eigenvalue weighted by atomic mass is 9.72. The third kappa shape index (κ3) is 6.58. The SMILES string of the molecule is CC[C@H]1CN2CC[C@@H]1C[C@@H]2[C@H](Oc1nnc(O[C@H](c2ccnc3ccc(OC)cc23)[C@H]2C[C@@H]3CCN2C[C@@H]3CC)c2ccccc12)c1ccnc2ccc(OC)cc12. The summed E-state index contributed by atoms with van der Waals surface area (Å²) < 4.78 is 26.0. The average Bonchev–Trinajstić information content (AvgIpc) is 3.29. The van der Waals surface area contributed by atoms with E-state index in [0.717, 1.165) is 94.2 Å². The Morgan fingerprint density at radius 3 is 1.47 bits per heavy atom. The molecule has 6 aliphatic heterocycles. The van der Waals surface area contributed by atoms with Gasteiger partial charge in [-0.1, -0.05) is 38.8 Å². The summed E-state index contributed by atoms with van der Waals surface area (Å²) >= 11 is 0. The minimum absolute atomic E-state index is 0.180. The van der Waals surface area contributed by atoms with Crippen LogP contribution in [0.15, 0.2) is 85.2 Å². The van der Waals surface area contributed by atoms with E-state index in [9.17, 15) is 0 Å². The molecule has 0 amide bonds. The highest BCUT2D eigenvalue weighted by Crippen LogP contribution is 2.47. The van der Waals surface area contributed by atoms with Crippen molar-refractivity contribution < 1.29 is 18.9 Å². The van der Waals surface area contributed by atoms with Gasteiger partial charge in [-0.15, -0.1) is 10.2 Å². The van der Waals surface area contributed by atoms with Gasteiger partial charge in [0, 0.05) is 47.4 Å². The van der Waals surface area contributed by atoms with E-state index < -0.39 is 0 Å². The molecule has 12 rings (SSSR count). The molecule has 0 aliphatic carbocycles. The van der Waals surface area contributed by atoms with Crippen LogP contribution in [-0.4, -0.2) is 82.4 Å². The fraction of sp³-hybridized carbons (Fsp3) is 0.458. The Labute approximate surface area is 340 Å². The molecule has 4 bridgehead atoms. The van der Waals surface area contributed by atoms with Crippen molar-refractivity contribution in [2.75, 3.05) is 40.4 Å². The number of rotatable bonds is 12. The van der Waals surface area contributed by atoms with Gasteiger partial charge >= 0.3 is 0 Å². The van der Waals surface area contributed by atoms with Crippen LogP contribution in [0.5, 0.6) is 23.3 Å². The molecule has 6 saturated heterocycles. The number of nitrogens with zero attached hydrogens (tertiary/aromatic N) is 6. The van der Waals surface area contributed by atoms with Crippen LogP contribution in [-0.2, 0) is 0 Å². The summed E-state index contributed by atoms with van der Waals surface area (Å²) in [5.41, 5.74) is 4.01. The topological polar surface area (TPSA) is 95.0 Å². The van der Waals surface area contributed by atoms with Crippen molar-refractivity contribution in [3.63, 3.8) is 0 Å². The summed E-state index contributed by atoms with van der Waals surface area (Å²) in [6.45, 7) is 9.00. The molecule has 3 aromatic heterocycles. The molecule has 9 heterocycles. The molecular formula is C48H54N6O4. The molecule has 2 unspecified atom stereocenters. The van der Waals surface area contributed by atoms with Gasteiger partial charge in [0.15, 0.2) is 0 Å². The number of fused-ring (bicyclic) bond motifs is 9. The summed E-state index contributed by atoms with van der Waals surface area (Å²) in [4.78, 5) is 14.8. The zero-order valence-electron chi connectivity index (χ0n) is 34.1. The number of methoxy groups -OCH3 is 2. The second-order valence-electron chi connectivity index (χ2n) is 17.0. The molecule has 10 nitrogen and oxygen atoms in total. The van der Waals surface area contributed by atoms with E-state index in [1.165, 1.54) is 25.7 Å². The molecule has 300 valence electrons. The maximum Gasteiger partial charge on any atom is 0.242 e. The fourth-order valence-corrected chi connectivity index (χ4v) is 11.1. The third-order valence-electron chi connectivity index (χ3n) is 14.3. The van der Waals surface area contributed by atoms with E-state index in [4.69, 9.17) is 39.1 Å². The van der Waals surface area contributed by atoms with E-state index >= 15 is 0 Å². The Kier molecular flexibility index (Phi) is 10.0. The first-order valence-electron chi connectivity index (χ1n) is 21.5. The first kappa shape index (κ1) is 37.2. The number of ether oxygens (including phenoxy) is 4. The highest BCUT2D eigenvalue weighted by atomic mass is 16.5. The number of pyridine rings is 2. The molecule has 10 atom stereocenters. The van der Waals surface area contributed by atoms with Gasteiger partial charge in [-0.2, -0.15) is 0 Å². The minimum Gasteiger partial charge on any atom is -0.497 e. The van der Waals surface area contributed by atoms with Gasteiger partial charge < -0.3 is 18.9 Å². The van der Waals surface area contributed by atoms with Crippen molar-refractivity contribution in [1.82, 2.24) is 30.0 Å². The molecule has 10 heteroatoms. The first-order valence-corrected chi connectivity index (χ1v) is 21.5. The second-order valence-corrected chi connectivity index (χ2v) is 17.0. The maximum atomic E-state index is 7.30. The molecule has 3 aromatic carbocycles. The second kappa shape index (κ2) is 15.6. The molecule has 0 radical (unpaired) electrons. The number of benzene rings is 3. The first-order chi connectivity index (χ1) is 28.5. The molecule has 0 saturated carbocycles. The van der Waals surface area contributed by atoms with Crippen molar-refractivity contribution in [2.45, 2.75) is 76.7 Å². The fourth-order valence-electron chi connectivity index (χ4n) is 11.1. The predicted molar refractivity (Wildman–Crippen MR) is 227 cm³/mol. The Bertz CT molecular complexity index is 2280. The molecule has 6 aliphatic rings. The number of aromatic nitrogens is 4. The van der Waals surface area contributed by atoms with Gasteiger partial charge in [-0.05, 0) is 123 Å². The van der Waals surface area contributed by atoms with Gasteiger partial charge in [0.1, 0.15) is 23.7 Å². The van der Waals surface area contributed by atoms with Crippen LogP contribution in [0, 0.1) is 23.7 Å². The largest absolute Gasteiger partial charge is 0.497 e. The van der Waals surface area contributed by atoms with Crippen molar-refractivity contribution in [3.05, 3.63) is 96.3 Å². The zero-order valence-corrected chi connectivity index (χ0v) is 34.1. The highest BCUT2D eigenvalue weighted by molar-refractivity contribution is 5.91. The molecule has 0 N–H and O–H groups in total. The van der Waals surface area contributed by atoms with Crippen LogP contribution in [0.2, 0.25) is 0 Å². The highest BCUT2D eigenvalue weighted by Gasteiger charge is 2.46. The van der Waals surface area contributed by atoms with Crippen LogP contribution >= 0.6 is 0 Å². The van der Waals surface area contributed by atoms with Crippen molar-refractivity contribution >= 4 is 32.6 Å². The summed E-state index contributed by atoms with van der Waals surface area (Å²) in [6, 6.07) is 25.1. The summed E-state index contributed by atoms with van der Waals surface area (Å²) in [7, 11) is 3.42. The van der Waals surface area contributed by atoms with Crippen LogP contribution in [0.25, 0.3) is 32.6 Å². The maximum absolute atomic E-state index is 7.30. The van der Waals surface area contributed by atoms with Gasteiger partial charge in [0.2, 0.25) is 11.8 Å². The Morgan fingerprint density at radius 1 is 0.603 bits per heavy atom. The Morgan fingerprint density at radius 2 is 1.07 bits per heavy atom. The van der Waals surface area contributed by atoms with Crippen LogP contribution < -0.4 is 18.9 Å². The zero-order chi connectivity index (χ0) is 39.3. The number of hydrogen-bond donors (Lipinski definition) is 0. The number of hydrogen-bond acceptors (Lipinski definition) is 10. The van der Waals surface area contributed by atoms with E-state index in [2.05, 4.69) is 72.2 Å². The minimum atomic E-state index is -0.300. The molecule has 0 spiro atoms. The summed E-state index contributed by atoms with van der Waals surface area (Å²) in [5, 5.41) is 13.7. The van der Waals surface area contributed by atoms with E-state index in [0.29, 0.717) is 35.4 Å². The lowest BCUT2D eigenvalue weighted by Crippen LogP contribution is -2.56. The van der Waals surface area contributed by atoms with Gasteiger partial charge in [-0.25, -0.2) is 0 Å². The van der Waals surface area contributed by atoms with E-state index in [1.807, 2.05) is 36.7 Å². The van der Waals surface area contributed by atoms with Crippen LogP contribution in [0.3, 0.4) is 0 Å². The molecule has 6 aromatic rings. The quantitative estimate of drug-likeness (QED) is 0.120. The summed E-state index contributed by atoms with van der Waals surface area (Å²) in [6.07, 6.45) is 10.2. The predicted octanol–water partition coefficient (Wildman–Crippen LogP) is 9.22. The molecule has 58 heavy (non-hydrogen) atoms. The third-order valence-corrected chi connectivity index (χ3v) is 14.3. The smallest absolute Gasteiger partial charge is 0.242 e. The Balaban J connectivity index is 1.06. The average molecular weight is 779 g/mol. The Hall–Kier alpha value is -5.06. The van der Waals surface area contributed by atoms with Crippen molar-refractivity contribution in [2.24, 2.45) is 23.7 Å². The normalized spacial score (nSPS) is 27.4. The van der Waals surface area contributed by atoms with Gasteiger partial charge in [0.25, 0.3) is 0 Å². The van der Waals surface area contributed by atoms with Crippen molar-refractivity contribution in [3.8, 4) is 23.3 Å². The monoisotopic (exact) mass is 778 g/mol. The lowest BCUT2D eigenvalue weighted by molar-refractivity contribution is -0.0505. The van der Waals surface area contributed by atoms with Crippen LogP contribution in [0.4, 0.5) is 0 Å². The van der Waals surface area contributed by atoms with E-state index in [-0.39, 0.29) is 24.3 Å². The van der Waals surface area contributed by atoms with Gasteiger partial charge in [-0.3, -0.25) is 19.8 Å². The summed E-state index contributed by atoms with van der Waals surface area (Å²) in [5.74, 6) is 5.39.